The van der Waals surface area contributed by atoms with Gasteiger partial charge in [-0.1, -0.05) is 6.07 Å². The fraction of sp³-hybridized carbons (Fsp3) is 0.263. The number of halogens is 3. The van der Waals surface area contributed by atoms with E-state index in [0.717, 1.165) is 23.4 Å². The van der Waals surface area contributed by atoms with Gasteiger partial charge in [0, 0.05) is 23.1 Å². The third-order valence-corrected chi connectivity index (χ3v) is 4.32. The van der Waals surface area contributed by atoms with Gasteiger partial charge in [0.15, 0.2) is 0 Å². The lowest BCUT2D eigenvalue weighted by Gasteiger charge is -2.14. The molecule has 0 aliphatic carbocycles. The Morgan fingerprint density at radius 2 is 2.07 bits per heavy atom. The number of aromatic amines is 1. The number of nitrogens with one attached hydrogen (secondary N) is 2. The minimum Gasteiger partial charge on any atom is -0.365 e. The molecule has 3 aromatic rings. The molecule has 0 radical (unpaired) electrons. The van der Waals surface area contributed by atoms with Crippen LogP contribution in [0.25, 0.3) is 5.69 Å². The van der Waals surface area contributed by atoms with Crippen LogP contribution >= 0.6 is 0 Å². The molecule has 5 nitrogen and oxygen atoms in total. The zero-order valence-corrected chi connectivity index (χ0v) is 14.8. The molecule has 1 amide bonds. The van der Waals surface area contributed by atoms with E-state index in [4.69, 9.17) is 0 Å². The molecule has 0 aliphatic rings. The van der Waals surface area contributed by atoms with Crippen molar-refractivity contribution in [2.45, 2.75) is 32.5 Å². The number of hydrogen-bond acceptors (Lipinski definition) is 2. The van der Waals surface area contributed by atoms with Crippen LogP contribution < -0.4 is 5.32 Å². The molecule has 0 bridgehead atoms. The highest BCUT2D eigenvalue weighted by Crippen LogP contribution is 2.31. The number of aromatic nitrogens is 3. The predicted molar refractivity (Wildman–Crippen MR) is 94.4 cm³/mol. The minimum absolute atomic E-state index is 0.156. The van der Waals surface area contributed by atoms with Crippen LogP contribution in [0.15, 0.2) is 48.8 Å². The maximum atomic E-state index is 12.9. The Morgan fingerprint density at radius 1 is 1.30 bits per heavy atom. The number of rotatable bonds is 5. The molecule has 3 rings (SSSR count). The van der Waals surface area contributed by atoms with Gasteiger partial charge in [0.25, 0.3) is 0 Å². The van der Waals surface area contributed by atoms with Gasteiger partial charge in [-0.3, -0.25) is 4.79 Å². The highest BCUT2D eigenvalue weighted by molar-refractivity contribution is 5.78. The molecule has 2 N–H and O–H groups in total. The van der Waals surface area contributed by atoms with Crippen molar-refractivity contribution >= 4 is 5.91 Å². The Bertz CT molecular complexity index is 929. The second-order valence-corrected chi connectivity index (χ2v) is 6.31. The van der Waals surface area contributed by atoms with Crippen molar-refractivity contribution < 1.29 is 18.0 Å². The number of hydrogen-bond donors (Lipinski definition) is 2. The second kappa shape index (κ2) is 7.30. The topological polar surface area (TPSA) is 62.7 Å². The van der Waals surface area contributed by atoms with Crippen LogP contribution in [0.2, 0.25) is 0 Å². The van der Waals surface area contributed by atoms with E-state index < -0.39 is 11.7 Å². The average Bonchev–Trinajstić information content (AvgIpc) is 3.23. The van der Waals surface area contributed by atoms with Crippen LogP contribution in [0.5, 0.6) is 0 Å². The van der Waals surface area contributed by atoms with Crippen LogP contribution in [0, 0.1) is 6.92 Å². The SMILES string of the molecule is Cc1c([C@@H](C)NC(=O)Cc2ccc[nH]2)cnn1-c1cccc(C(F)(F)F)c1. The lowest BCUT2D eigenvalue weighted by atomic mass is 10.1. The summed E-state index contributed by atoms with van der Waals surface area (Å²) in [6.45, 7) is 3.57. The normalized spacial score (nSPS) is 12.8. The Labute approximate surface area is 154 Å². The molecule has 0 aliphatic heterocycles. The van der Waals surface area contributed by atoms with E-state index in [1.807, 2.05) is 19.1 Å². The maximum Gasteiger partial charge on any atom is 0.416 e. The smallest absolute Gasteiger partial charge is 0.365 e. The first-order valence-corrected chi connectivity index (χ1v) is 8.39. The van der Waals surface area contributed by atoms with Gasteiger partial charge < -0.3 is 10.3 Å². The molecule has 8 heteroatoms. The first kappa shape index (κ1) is 18.8. The highest BCUT2D eigenvalue weighted by atomic mass is 19.4. The summed E-state index contributed by atoms with van der Waals surface area (Å²) in [5.74, 6) is -0.156. The number of benzene rings is 1. The summed E-state index contributed by atoms with van der Waals surface area (Å²) >= 11 is 0. The third kappa shape index (κ3) is 4.21. The summed E-state index contributed by atoms with van der Waals surface area (Å²) in [5, 5.41) is 7.09. The summed E-state index contributed by atoms with van der Waals surface area (Å²) in [6.07, 6.45) is -0.887. The summed E-state index contributed by atoms with van der Waals surface area (Å²) in [6, 6.07) is 8.29. The molecule has 0 spiro atoms. The van der Waals surface area contributed by atoms with E-state index in [0.29, 0.717) is 11.4 Å². The predicted octanol–water partition coefficient (Wildman–Crippen LogP) is 3.95. The van der Waals surface area contributed by atoms with Crippen LogP contribution in [0.4, 0.5) is 13.2 Å². The Balaban J connectivity index is 1.78. The van der Waals surface area contributed by atoms with Gasteiger partial charge >= 0.3 is 6.18 Å². The zero-order chi connectivity index (χ0) is 19.6. The zero-order valence-electron chi connectivity index (χ0n) is 14.8. The molecule has 27 heavy (non-hydrogen) atoms. The molecule has 2 aromatic heterocycles. The highest BCUT2D eigenvalue weighted by Gasteiger charge is 2.30. The van der Waals surface area contributed by atoms with E-state index in [2.05, 4.69) is 15.4 Å². The van der Waals surface area contributed by atoms with Crippen molar-refractivity contribution in [3.05, 3.63) is 71.3 Å². The quantitative estimate of drug-likeness (QED) is 0.708. The summed E-state index contributed by atoms with van der Waals surface area (Å²) in [7, 11) is 0. The van der Waals surface area contributed by atoms with E-state index in [-0.39, 0.29) is 18.4 Å². The number of carbonyl (C=O) groups is 1. The average molecular weight is 376 g/mol. The van der Waals surface area contributed by atoms with Gasteiger partial charge in [-0.25, -0.2) is 4.68 Å². The number of alkyl halides is 3. The van der Waals surface area contributed by atoms with Gasteiger partial charge in [-0.2, -0.15) is 18.3 Å². The molecule has 0 saturated heterocycles. The molecule has 142 valence electrons. The van der Waals surface area contributed by atoms with Crippen LogP contribution in [-0.4, -0.2) is 20.7 Å². The Hall–Kier alpha value is -3.03. The number of H-pyrrole nitrogens is 1. The first-order chi connectivity index (χ1) is 12.8. The van der Waals surface area contributed by atoms with Crippen molar-refractivity contribution in [1.29, 1.82) is 0 Å². The Morgan fingerprint density at radius 3 is 2.74 bits per heavy atom. The van der Waals surface area contributed by atoms with Gasteiger partial charge in [-0.15, -0.1) is 0 Å². The third-order valence-electron chi connectivity index (χ3n) is 4.32. The van der Waals surface area contributed by atoms with Crippen LogP contribution in [0.1, 0.15) is 35.5 Å². The molecule has 0 unspecified atom stereocenters. The number of amides is 1. The molecular weight excluding hydrogens is 357 g/mol. The summed E-state index contributed by atoms with van der Waals surface area (Å²) in [5.41, 5.74) is 1.80. The van der Waals surface area contributed by atoms with E-state index in [1.54, 1.807) is 25.4 Å². The molecule has 0 saturated carbocycles. The Kier molecular flexibility index (Phi) is 5.07. The lowest BCUT2D eigenvalue weighted by Crippen LogP contribution is -2.28. The molecule has 2 heterocycles. The van der Waals surface area contributed by atoms with Crippen LogP contribution in [0.3, 0.4) is 0 Å². The fourth-order valence-electron chi connectivity index (χ4n) is 2.94. The van der Waals surface area contributed by atoms with Crippen LogP contribution in [-0.2, 0) is 17.4 Å². The number of carbonyl (C=O) groups excluding carboxylic acids is 1. The fourth-order valence-corrected chi connectivity index (χ4v) is 2.94. The first-order valence-electron chi connectivity index (χ1n) is 8.39. The van der Waals surface area contributed by atoms with Crippen molar-refractivity contribution in [1.82, 2.24) is 20.1 Å². The van der Waals surface area contributed by atoms with Crippen molar-refractivity contribution in [3.8, 4) is 5.69 Å². The largest absolute Gasteiger partial charge is 0.416 e. The second-order valence-electron chi connectivity index (χ2n) is 6.31. The summed E-state index contributed by atoms with van der Waals surface area (Å²) in [4.78, 5) is 15.1. The summed E-state index contributed by atoms with van der Waals surface area (Å²) < 4.78 is 40.3. The monoisotopic (exact) mass is 376 g/mol. The number of nitrogens with zero attached hydrogens (tertiary/aromatic N) is 2. The lowest BCUT2D eigenvalue weighted by molar-refractivity contribution is -0.137. The van der Waals surface area contributed by atoms with Crippen molar-refractivity contribution in [2.24, 2.45) is 0 Å². The van der Waals surface area contributed by atoms with E-state index in [9.17, 15) is 18.0 Å². The van der Waals surface area contributed by atoms with Gasteiger partial charge in [0.1, 0.15) is 0 Å². The van der Waals surface area contributed by atoms with Crippen molar-refractivity contribution in [2.75, 3.05) is 0 Å². The standard InChI is InChI=1S/C19H19F3N4O/c1-12(25-18(27)10-15-6-4-8-23-15)17-11-24-26(13(17)2)16-7-3-5-14(9-16)19(20,21)22/h3-9,11-12,23H,10H2,1-2H3,(H,25,27)/t12-/m1/s1. The van der Waals surface area contributed by atoms with Gasteiger partial charge in [0.05, 0.1) is 29.9 Å². The van der Waals surface area contributed by atoms with E-state index in [1.165, 1.54) is 10.7 Å². The van der Waals surface area contributed by atoms with E-state index >= 15 is 0 Å². The van der Waals surface area contributed by atoms with Gasteiger partial charge in [0.2, 0.25) is 5.91 Å². The maximum absolute atomic E-state index is 12.9. The van der Waals surface area contributed by atoms with Crippen molar-refractivity contribution in [3.63, 3.8) is 0 Å². The minimum atomic E-state index is -4.42. The molecule has 1 aromatic carbocycles. The molecule has 1 atom stereocenters. The molecular formula is C19H19F3N4O. The molecule has 0 fully saturated rings. The van der Waals surface area contributed by atoms with Gasteiger partial charge in [-0.05, 0) is 44.2 Å².